The summed E-state index contributed by atoms with van der Waals surface area (Å²) in [6, 6.07) is 0. The van der Waals surface area contributed by atoms with Crippen LogP contribution >= 0.6 is 25.4 Å². The van der Waals surface area contributed by atoms with Crippen molar-refractivity contribution in [3.63, 3.8) is 0 Å². The number of nitrogens with one attached hydrogen (secondary N) is 1. The van der Waals surface area contributed by atoms with Gasteiger partial charge in [0.05, 0.1) is 5.37 Å². The molecule has 0 aliphatic heterocycles. The summed E-state index contributed by atoms with van der Waals surface area (Å²) in [5.74, 6) is 0. The average Bonchev–Trinajstić information content (AvgIpc) is 1.65. The summed E-state index contributed by atoms with van der Waals surface area (Å²) in [6.07, 6.45) is 1.01. The Hall–Kier alpha value is 0.660. The van der Waals surface area contributed by atoms with Crippen molar-refractivity contribution in [3.05, 3.63) is 0 Å². The number of hydrogen-bond donors (Lipinski definition) is 3. The van der Waals surface area contributed by atoms with Gasteiger partial charge in [-0.15, -0.1) is 0 Å². The Kier molecular flexibility index (Phi) is 4.26. The Morgan fingerprint density at radius 3 is 2.33 bits per heavy atom. The zero-order valence-corrected chi connectivity index (χ0v) is 5.47. The largest absolute Gasteiger partial charge is 0.254 e. The molecule has 0 rings (SSSR count). The van der Waals surface area contributed by atoms with E-state index >= 15 is 0 Å². The van der Waals surface area contributed by atoms with Gasteiger partial charge in [-0.1, -0.05) is 19.7 Å². The zero-order valence-electron chi connectivity index (χ0n) is 3.68. The Bertz CT molecular complexity index is 28.0. The third-order valence-corrected chi connectivity index (χ3v) is 1.55. The smallest absolute Gasteiger partial charge is 0.0592 e. The fourth-order valence-corrected chi connectivity index (χ4v) is 0.274. The summed E-state index contributed by atoms with van der Waals surface area (Å²) in [4.78, 5) is 0. The van der Waals surface area contributed by atoms with Crippen LogP contribution in [0.4, 0.5) is 0 Å². The van der Waals surface area contributed by atoms with Crippen molar-refractivity contribution in [2.24, 2.45) is 0 Å². The molecule has 0 aromatic heterocycles. The lowest BCUT2D eigenvalue weighted by atomic mass is 10.5. The van der Waals surface area contributed by atoms with E-state index in [0.717, 1.165) is 6.42 Å². The highest BCUT2D eigenvalue weighted by Gasteiger charge is 1.88. The summed E-state index contributed by atoms with van der Waals surface area (Å²) >= 11 is 7.81. The second-order valence-corrected chi connectivity index (χ2v) is 1.93. The second-order valence-electron chi connectivity index (χ2n) is 1.05. The van der Waals surface area contributed by atoms with Crippen molar-refractivity contribution in [1.29, 1.82) is 0 Å². The molecule has 0 aliphatic rings. The molecular weight excluding hydrogens is 114 g/mol. The topological polar surface area (TPSA) is 12.0 Å². The molecule has 0 aromatic rings. The summed E-state index contributed by atoms with van der Waals surface area (Å²) in [5, 5.41) is 0.244. The van der Waals surface area contributed by atoms with Crippen LogP contribution in [0, 0.1) is 0 Å². The van der Waals surface area contributed by atoms with Gasteiger partial charge in [0, 0.05) is 0 Å². The standard InChI is InChI=1S/C3H9NS2/c1-2-3(5)4-6/h3-6H,2H2,1H3. The van der Waals surface area contributed by atoms with E-state index in [4.69, 9.17) is 0 Å². The lowest BCUT2D eigenvalue weighted by Crippen LogP contribution is -2.10. The van der Waals surface area contributed by atoms with Crippen LogP contribution < -0.4 is 4.72 Å². The van der Waals surface area contributed by atoms with Crippen molar-refractivity contribution in [1.82, 2.24) is 4.72 Å². The highest BCUT2D eigenvalue weighted by Crippen LogP contribution is 1.93. The highest BCUT2D eigenvalue weighted by atomic mass is 32.1. The van der Waals surface area contributed by atoms with Gasteiger partial charge in [0.15, 0.2) is 0 Å². The van der Waals surface area contributed by atoms with Gasteiger partial charge in [0.1, 0.15) is 0 Å². The monoisotopic (exact) mass is 123 g/mol. The van der Waals surface area contributed by atoms with Crippen LogP contribution in [0.15, 0.2) is 0 Å². The molecule has 6 heavy (non-hydrogen) atoms. The average molecular weight is 123 g/mol. The maximum absolute atomic E-state index is 4.04. The van der Waals surface area contributed by atoms with Gasteiger partial charge in [-0.2, -0.15) is 12.6 Å². The molecule has 1 nitrogen and oxygen atoms in total. The molecule has 1 N–H and O–H groups in total. The minimum atomic E-state index is 0.244. The fourth-order valence-electron chi connectivity index (χ4n) is 0.0913. The van der Waals surface area contributed by atoms with Crippen LogP contribution in [-0.4, -0.2) is 5.37 Å². The fraction of sp³-hybridized carbons (Fsp3) is 1.00. The van der Waals surface area contributed by atoms with Gasteiger partial charge >= 0.3 is 0 Å². The third-order valence-electron chi connectivity index (χ3n) is 0.536. The molecule has 0 radical (unpaired) electrons. The molecule has 0 saturated carbocycles. The van der Waals surface area contributed by atoms with Gasteiger partial charge < -0.3 is 0 Å². The van der Waals surface area contributed by atoms with E-state index in [-0.39, 0.29) is 5.37 Å². The van der Waals surface area contributed by atoms with E-state index in [1.807, 2.05) is 6.92 Å². The summed E-state index contributed by atoms with van der Waals surface area (Å²) < 4.78 is 2.67. The first-order valence-corrected chi connectivity index (χ1v) is 2.85. The number of thiol groups is 2. The maximum Gasteiger partial charge on any atom is 0.0592 e. The summed E-state index contributed by atoms with van der Waals surface area (Å²) in [7, 11) is 0. The second kappa shape index (κ2) is 3.84. The molecule has 3 heteroatoms. The number of hydrogen-bond acceptors (Lipinski definition) is 3. The molecule has 0 aromatic carbocycles. The molecule has 0 spiro atoms. The predicted octanol–water partition coefficient (Wildman–Crippen LogP) is 1.09. The van der Waals surface area contributed by atoms with E-state index in [9.17, 15) is 0 Å². The van der Waals surface area contributed by atoms with Crippen molar-refractivity contribution in [2.45, 2.75) is 18.7 Å². The minimum Gasteiger partial charge on any atom is -0.254 e. The maximum atomic E-state index is 4.04. The first kappa shape index (κ1) is 6.66. The Morgan fingerprint density at radius 1 is 1.83 bits per heavy atom. The molecule has 0 amide bonds. The van der Waals surface area contributed by atoms with Gasteiger partial charge in [-0.25, -0.2) is 0 Å². The summed E-state index contributed by atoms with van der Waals surface area (Å²) in [6.45, 7) is 2.04. The van der Waals surface area contributed by atoms with E-state index in [1.54, 1.807) is 0 Å². The molecule has 0 bridgehead atoms. The van der Waals surface area contributed by atoms with E-state index < -0.39 is 0 Å². The molecule has 38 valence electrons. The van der Waals surface area contributed by atoms with Gasteiger partial charge in [0.25, 0.3) is 0 Å². The molecule has 0 aliphatic carbocycles. The lowest BCUT2D eigenvalue weighted by Gasteiger charge is -2.00. The SMILES string of the molecule is CCC(S)NS. The van der Waals surface area contributed by atoms with Gasteiger partial charge in [0.2, 0.25) is 0 Å². The van der Waals surface area contributed by atoms with Crippen molar-refractivity contribution < 1.29 is 0 Å². The molecule has 0 fully saturated rings. The van der Waals surface area contributed by atoms with E-state index in [2.05, 4.69) is 30.2 Å². The first-order valence-electron chi connectivity index (χ1n) is 1.89. The first-order chi connectivity index (χ1) is 2.81. The molecule has 1 unspecified atom stereocenters. The van der Waals surface area contributed by atoms with E-state index in [1.165, 1.54) is 0 Å². The molecule has 0 saturated heterocycles. The van der Waals surface area contributed by atoms with Crippen LogP contribution in [0.3, 0.4) is 0 Å². The van der Waals surface area contributed by atoms with Crippen LogP contribution in [0.1, 0.15) is 13.3 Å². The van der Waals surface area contributed by atoms with Gasteiger partial charge in [-0.3, -0.25) is 4.72 Å². The normalized spacial score (nSPS) is 14.5. The molecule has 0 heterocycles. The van der Waals surface area contributed by atoms with Crippen molar-refractivity contribution in [2.75, 3.05) is 0 Å². The molecular formula is C3H9NS2. The quantitative estimate of drug-likeness (QED) is 0.369. The lowest BCUT2D eigenvalue weighted by molar-refractivity contribution is 0.826. The van der Waals surface area contributed by atoms with Crippen LogP contribution in [0.25, 0.3) is 0 Å². The van der Waals surface area contributed by atoms with Crippen molar-refractivity contribution >= 4 is 25.4 Å². The Balaban J connectivity index is 2.75. The predicted molar refractivity (Wildman–Crippen MR) is 35.2 cm³/mol. The van der Waals surface area contributed by atoms with Gasteiger partial charge in [-0.05, 0) is 6.42 Å². The minimum absolute atomic E-state index is 0.244. The molecule has 1 atom stereocenters. The van der Waals surface area contributed by atoms with Crippen LogP contribution in [0.5, 0.6) is 0 Å². The highest BCUT2D eigenvalue weighted by molar-refractivity contribution is 7.83. The summed E-state index contributed by atoms with van der Waals surface area (Å²) in [5.41, 5.74) is 0. The number of rotatable bonds is 2. The third kappa shape index (κ3) is 2.87. The Morgan fingerprint density at radius 2 is 2.33 bits per heavy atom. The van der Waals surface area contributed by atoms with Crippen molar-refractivity contribution in [3.8, 4) is 0 Å². The Labute approximate surface area is 49.5 Å². The van der Waals surface area contributed by atoms with E-state index in [0.29, 0.717) is 0 Å². The zero-order chi connectivity index (χ0) is 4.99. The van der Waals surface area contributed by atoms with Crippen LogP contribution in [0.2, 0.25) is 0 Å². The van der Waals surface area contributed by atoms with Crippen LogP contribution in [-0.2, 0) is 0 Å².